The lowest BCUT2D eigenvalue weighted by Crippen LogP contribution is -2.33. The van der Waals surface area contributed by atoms with Gasteiger partial charge in [0.2, 0.25) is 0 Å². The molecule has 0 N–H and O–H groups in total. The van der Waals surface area contributed by atoms with Gasteiger partial charge in [-0.15, -0.1) is 0 Å². The minimum Gasteiger partial charge on any atom is -0.491 e. The molecule has 0 saturated carbocycles. The fourth-order valence-electron chi connectivity index (χ4n) is 2.88. The second kappa shape index (κ2) is 13.3. The predicted molar refractivity (Wildman–Crippen MR) is 131 cm³/mol. The number of benzene rings is 1. The first-order valence-corrected chi connectivity index (χ1v) is 11.7. The summed E-state index contributed by atoms with van der Waals surface area (Å²) in [6.07, 6.45) is 4.11. The van der Waals surface area contributed by atoms with Crippen molar-refractivity contribution >= 4 is 11.3 Å². The third-order valence-electron chi connectivity index (χ3n) is 4.85. The molecule has 5 heteroatoms. The fraction of sp³-hybridized carbons (Fsp3) is 0.462. The number of thiophene rings is 1. The maximum absolute atomic E-state index is 5.95. The minimum atomic E-state index is -0.412. The maximum Gasteiger partial charge on any atom is 0.123 e. The Hall–Kier alpha value is -2.10. The summed E-state index contributed by atoms with van der Waals surface area (Å²) in [5, 5.41) is 4.23. The van der Waals surface area contributed by atoms with Gasteiger partial charge in [-0.3, -0.25) is 4.90 Å². The van der Waals surface area contributed by atoms with Crippen LogP contribution in [0.3, 0.4) is 0 Å². The third kappa shape index (κ3) is 9.71. The summed E-state index contributed by atoms with van der Waals surface area (Å²) in [4.78, 5) is 2.33. The highest BCUT2D eigenvalue weighted by atomic mass is 32.1. The van der Waals surface area contributed by atoms with Crippen LogP contribution in [0.25, 0.3) is 11.1 Å². The van der Waals surface area contributed by atoms with E-state index < -0.39 is 5.60 Å². The van der Waals surface area contributed by atoms with Crippen LogP contribution in [-0.4, -0.2) is 56.6 Å². The van der Waals surface area contributed by atoms with Gasteiger partial charge < -0.3 is 14.2 Å². The van der Waals surface area contributed by atoms with Crippen LogP contribution in [0, 0.1) is 11.8 Å². The largest absolute Gasteiger partial charge is 0.491 e. The molecule has 1 aromatic heterocycles. The molecule has 0 amide bonds. The first kappa shape index (κ1) is 25.2. The van der Waals surface area contributed by atoms with Crippen LogP contribution in [0.2, 0.25) is 0 Å². The molecule has 0 bridgehead atoms. The summed E-state index contributed by atoms with van der Waals surface area (Å²) in [5.74, 6) is 7.01. The highest BCUT2D eigenvalue weighted by Crippen LogP contribution is 2.25. The molecule has 0 aliphatic heterocycles. The van der Waals surface area contributed by atoms with Crippen molar-refractivity contribution in [3.8, 4) is 28.7 Å². The van der Waals surface area contributed by atoms with E-state index in [1.54, 1.807) is 18.4 Å². The molecule has 1 heterocycles. The molecule has 2 aromatic rings. The van der Waals surface area contributed by atoms with Crippen LogP contribution in [0.4, 0.5) is 0 Å². The van der Waals surface area contributed by atoms with E-state index in [0.717, 1.165) is 25.4 Å². The van der Waals surface area contributed by atoms with E-state index in [0.29, 0.717) is 13.2 Å². The average molecular weight is 442 g/mol. The molecule has 31 heavy (non-hydrogen) atoms. The van der Waals surface area contributed by atoms with Gasteiger partial charge in [0.25, 0.3) is 0 Å². The zero-order valence-corrected chi connectivity index (χ0v) is 20.2. The van der Waals surface area contributed by atoms with Crippen molar-refractivity contribution in [3.63, 3.8) is 0 Å². The lowest BCUT2D eigenvalue weighted by atomic mass is 10.1. The molecule has 4 nitrogen and oxygen atoms in total. The number of methoxy groups -OCH3 is 1. The van der Waals surface area contributed by atoms with Crippen LogP contribution >= 0.6 is 11.3 Å². The first-order valence-electron chi connectivity index (χ1n) is 10.8. The Morgan fingerprint density at radius 2 is 2.03 bits per heavy atom. The molecule has 0 fully saturated rings. The van der Waals surface area contributed by atoms with Gasteiger partial charge in [0.1, 0.15) is 18.0 Å². The van der Waals surface area contributed by atoms with Crippen molar-refractivity contribution in [1.82, 2.24) is 4.90 Å². The lowest BCUT2D eigenvalue weighted by Gasteiger charge is -2.23. The lowest BCUT2D eigenvalue weighted by molar-refractivity contribution is 0.0250. The summed E-state index contributed by atoms with van der Waals surface area (Å²) >= 11 is 1.70. The standard InChI is InChI=1S/C26H35NO3S/c1-6-27(15-9-7-8-14-26(3,4)28-5)20-22(2)29-16-17-30-25-12-10-11-23(19-25)24-13-18-31-21-24/h7,9-13,18-19,21-22H,6,15-17,20H2,1-5H3. The van der Waals surface area contributed by atoms with Gasteiger partial charge in [-0.1, -0.05) is 37.0 Å². The smallest absolute Gasteiger partial charge is 0.123 e. The van der Waals surface area contributed by atoms with Crippen molar-refractivity contribution in [3.05, 3.63) is 53.2 Å². The van der Waals surface area contributed by atoms with Crippen LogP contribution in [0.5, 0.6) is 5.75 Å². The van der Waals surface area contributed by atoms with Gasteiger partial charge in [-0.05, 0) is 73.5 Å². The summed E-state index contributed by atoms with van der Waals surface area (Å²) in [5.41, 5.74) is 1.99. The van der Waals surface area contributed by atoms with Crippen molar-refractivity contribution in [2.75, 3.05) is 40.0 Å². The molecule has 0 saturated heterocycles. The molecule has 0 aliphatic carbocycles. The van der Waals surface area contributed by atoms with Crippen molar-refractivity contribution in [2.24, 2.45) is 0 Å². The molecule has 0 spiro atoms. The number of ether oxygens (including phenoxy) is 3. The van der Waals surface area contributed by atoms with Crippen molar-refractivity contribution < 1.29 is 14.2 Å². The van der Waals surface area contributed by atoms with Crippen LogP contribution in [0.15, 0.2) is 53.2 Å². The zero-order valence-electron chi connectivity index (χ0n) is 19.4. The van der Waals surface area contributed by atoms with Gasteiger partial charge in [-0.2, -0.15) is 11.3 Å². The molecule has 1 aromatic carbocycles. The van der Waals surface area contributed by atoms with Crippen LogP contribution in [-0.2, 0) is 9.47 Å². The first-order chi connectivity index (χ1) is 14.9. The monoisotopic (exact) mass is 441 g/mol. The predicted octanol–water partition coefficient (Wildman–Crippen LogP) is 5.51. The highest BCUT2D eigenvalue weighted by molar-refractivity contribution is 7.08. The normalized spacial score (nSPS) is 12.7. The van der Waals surface area contributed by atoms with E-state index in [1.807, 2.05) is 32.1 Å². The van der Waals surface area contributed by atoms with E-state index in [-0.39, 0.29) is 6.10 Å². The molecule has 2 rings (SSSR count). The Bertz CT molecular complexity index is 849. The van der Waals surface area contributed by atoms with E-state index in [1.165, 1.54) is 11.1 Å². The number of likely N-dealkylation sites (N-methyl/N-ethyl adjacent to an activating group) is 1. The van der Waals surface area contributed by atoms with E-state index in [9.17, 15) is 0 Å². The molecule has 168 valence electrons. The van der Waals surface area contributed by atoms with E-state index in [2.05, 4.69) is 65.6 Å². The van der Waals surface area contributed by atoms with Crippen LogP contribution < -0.4 is 4.74 Å². The van der Waals surface area contributed by atoms with Gasteiger partial charge in [0.05, 0.1) is 12.7 Å². The van der Waals surface area contributed by atoms with E-state index in [4.69, 9.17) is 14.2 Å². The average Bonchev–Trinajstić information content (AvgIpc) is 3.31. The Morgan fingerprint density at radius 1 is 1.19 bits per heavy atom. The summed E-state index contributed by atoms with van der Waals surface area (Å²) in [7, 11) is 1.67. The van der Waals surface area contributed by atoms with E-state index >= 15 is 0 Å². The second-order valence-corrected chi connectivity index (χ2v) is 8.59. The SMILES string of the molecule is CCN(CC=CC#CC(C)(C)OC)CC(C)OCCOc1cccc(-c2ccsc2)c1. The Kier molecular flexibility index (Phi) is 10.8. The minimum absolute atomic E-state index is 0.132. The van der Waals surface area contributed by atoms with Crippen molar-refractivity contribution in [2.45, 2.75) is 39.4 Å². The molecule has 0 radical (unpaired) electrons. The molecular formula is C26H35NO3S. The molecule has 1 unspecified atom stereocenters. The maximum atomic E-state index is 5.95. The zero-order chi connectivity index (χ0) is 22.5. The topological polar surface area (TPSA) is 30.9 Å². The summed E-state index contributed by atoms with van der Waals surface area (Å²) in [6.45, 7) is 11.9. The summed E-state index contributed by atoms with van der Waals surface area (Å²) in [6, 6.07) is 10.3. The second-order valence-electron chi connectivity index (χ2n) is 7.81. The van der Waals surface area contributed by atoms with Crippen LogP contribution in [0.1, 0.15) is 27.7 Å². The number of hydrogen-bond acceptors (Lipinski definition) is 5. The Morgan fingerprint density at radius 3 is 2.74 bits per heavy atom. The van der Waals surface area contributed by atoms with Gasteiger partial charge in [0.15, 0.2) is 0 Å². The number of hydrogen-bond donors (Lipinski definition) is 0. The fourth-order valence-corrected chi connectivity index (χ4v) is 3.54. The Balaban J connectivity index is 1.68. The quantitative estimate of drug-likeness (QED) is 0.321. The molecule has 1 atom stereocenters. The van der Waals surface area contributed by atoms with Gasteiger partial charge >= 0.3 is 0 Å². The number of nitrogens with zero attached hydrogens (tertiary/aromatic N) is 1. The van der Waals surface area contributed by atoms with Gasteiger partial charge in [0, 0.05) is 20.2 Å². The number of rotatable bonds is 12. The summed E-state index contributed by atoms with van der Waals surface area (Å²) < 4.78 is 17.1. The van der Waals surface area contributed by atoms with Crippen molar-refractivity contribution in [1.29, 1.82) is 0 Å². The Labute approximate surface area is 191 Å². The number of allylic oxidation sites excluding steroid dienone is 1. The van der Waals surface area contributed by atoms with Gasteiger partial charge in [-0.25, -0.2) is 0 Å². The highest BCUT2D eigenvalue weighted by Gasteiger charge is 2.10. The molecular weight excluding hydrogens is 406 g/mol. The third-order valence-corrected chi connectivity index (χ3v) is 5.54. The molecule has 0 aliphatic rings.